The summed E-state index contributed by atoms with van der Waals surface area (Å²) in [5, 5.41) is 13.2. The van der Waals surface area contributed by atoms with Gasteiger partial charge in [-0.15, -0.1) is 0 Å². The second-order valence-electron chi connectivity index (χ2n) is 6.36. The van der Waals surface area contributed by atoms with Crippen molar-refractivity contribution in [1.29, 1.82) is 0 Å². The summed E-state index contributed by atoms with van der Waals surface area (Å²) in [7, 11) is 1.48. The average Bonchev–Trinajstić information content (AvgIpc) is 2.87. The Kier molecular flexibility index (Phi) is 5.59. The van der Waals surface area contributed by atoms with Crippen molar-refractivity contribution in [1.82, 2.24) is 5.32 Å². The van der Waals surface area contributed by atoms with Gasteiger partial charge in [-0.1, -0.05) is 0 Å². The van der Waals surface area contributed by atoms with Gasteiger partial charge in [0.25, 0.3) is 5.91 Å². The van der Waals surface area contributed by atoms with E-state index >= 15 is 0 Å². The van der Waals surface area contributed by atoms with E-state index in [0.717, 1.165) is 6.42 Å². The number of amides is 1. The van der Waals surface area contributed by atoms with Gasteiger partial charge in [-0.2, -0.15) is 0 Å². The molecule has 0 aromatic heterocycles. The first-order valence-corrected chi connectivity index (χ1v) is 7.77. The van der Waals surface area contributed by atoms with E-state index in [1.165, 1.54) is 31.4 Å². The van der Waals surface area contributed by atoms with Crippen LogP contribution in [-0.2, 0) is 9.53 Å². The molecule has 1 aliphatic rings. The van der Waals surface area contributed by atoms with E-state index in [1.807, 2.05) is 0 Å². The van der Waals surface area contributed by atoms with Crippen LogP contribution in [0.5, 0.6) is 5.75 Å². The summed E-state index contributed by atoms with van der Waals surface area (Å²) in [5.74, 6) is -0.0847. The van der Waals surface area contributed by atoms with Crippen molar-refractivity contribution in [2.24, 2.45) is 5.92 Å². The van der Waals surface area contributed by atoms with Crippen LogP contribution in [0.2, 0.25) is 0 Å². The Labute approximate surface area is 135 Å². The lowest BCUT2D eigenvalue weighted by Gasteiger charge is -2.24. The zero-order valence-electron chi connectivity index (χ0n) is 13.7. The number of benzene rings is 1. The molecule has 1 fully saturated rings. The summed E-state index contributed by atoms with van der Waals surface area (Å²) in [6.07, 6.45) is 0.414. The van der Waals surface area contributed by atoms with E-state index in [0.29, 0.717) is 18.7 Å². The Morgan fingerprint density at radius 1 is 1.35 bits per heavy atom. The molecular formula is C17H24FNO4. The Morgan fingerprint density at radius 2 is 2.00 bits per heavy atom. The number of methoxy groups -OCH3 is 1. The molecule has 23 heavy (non-hydrogen) atoms. The standard InChI is InChI=1S/C17H24FNO4/c1-17(2,22-3)16(21)19-10-11-4-9-14(15(11)20)23-13-7-5-12(18)6-8-13/h5-8,11,14-15,20H,4,9-10H2,1-3H3,(H,19,21)/t11-,14-,15-/m1/s1. The van der Waals surface area contributed by atoms with Gasteiger partial charge in [0.1, 0.15) is 23.3 Å². The zero-order valence-corrected chi connectivity index (χ0v) is 13.7. The van der Waals surface area contributed by atoms with E-state index in [1.54, 1.807) is 13.8 Å². The molecule has 1 aromatic rings. The van der Waals surface area contributed by atoms with E-state index in [9.17, 15) is 14.3 Å². The van der Waals surface area contributed by atoms with Crippen molar-refractivity contribution in [3.05, 3.63) is 30.1 Å². The van der Waals surface area contributed by atoms with Gasteiger partial charge in [-0.3, -0.25) is 4.79 Å². The van der Waals surface area contributed by atoms with Gasteiger partial charge in [-0.25, -0.2) is 4.39 Å². The highest BCUT2D eigenvalue weighted by Gasteiger charge is 2.37. The molecule has 1 aliphatic carbocycles. The number of carbonyl (C=O) groups excluding carboxylic acids is 1. The molecule has 0 heterocycles. The number of hydrogen-bond acceptors (Lipinski definition) is 4. The predicted molar refractivity (Wildman–Crippen MR) is 83.6 cm³/mol. The minimum Gasteiger partial charge on any atom is -0.488 e. The molecule has 0 bridgehead atoms. The number of aliphatic hydroxyl groups is 1. The first-order chi connectivity index (χ1) is 10.8. The number of rotatable bonds is 6. The highest BCUT2D eigenvalue weighted by molar-refractivity contribution is 5.84. The fourth-order valence-electron chi connectivity index (χ4n) is 2.59. The third-order valence-electron chi connectivity index (χ3n) is 4.37. The quantitative estimate of drug-likeness (QED) is 0.838. The van der Waals surface area contributed by atoms with Gasteiger partial charge in [0.2, 0.25) is 0 Å². The van der Waals surface area contributed by atoms with E-state index in [4.69, 9.17) is 9.47 Å². The van der Waals surface area contributed by atoms with Crippen LogP contribution in [0.15, 0.2) is 24.3 Å². The van der Waals surface area contributed by atoms with E-state index in [2.05, 4.69) is 5.32 Å². The average molecular weight is 325 g/mol. The lowest BCUT2D eigenvalue weighted by atomic mass is 10.0. The number of aliphatic hydroxyl groups excluding tert-OH is 1. The monoisotopic (exact) mass is 325 g/mol. The van der Waals surface area contributed by atoms with Crippen molar-refractivity contribution in [3.63, 3.8) is 0 Å². The number of nitrogens with one attached hydrogen (secondary N) is 1. The molecule has 5 nitrogen and oxygen atoms in total. The molecule has 0 radical (unpaired) electrons. The van der Waals surface area contributed by atoms with Crippen molar-refractivity contribution in [2.45, 2.75) is 44.5 Å². The van der Waals surface area contributed by atoms with Crippen LogP contribution in [0.4, 0.5) is 4.39 Å². The van der Waals surface area contributed by atoms with Gasteiger partial charge in [0, 0.05) is 19.6 Å². The highest BCUT2D eigenvalue weighted by atomic mass is 19.1. The molecule has 1 saturated carbocycles. The summed E-state index contributed by atoms with van der Waals surface area (Å²) < 4.78 is 23.7. The molecule has 128 valence electrons. The maximum atomic E-state index is 12.9. The van der Waals surface area contributed by atoms with Crippen molar-refractivity contribution < 1.29 is 23.8 Å². The molecule has 0 saturated heterocycles. The SMILES string of the molecule is COC(C)(C)C(=O)NC[C@H]1CC[C@@H](Oc2ccc(F)cc2)[C@@H]1O. The predicted octanol–water partition coefficient (Wildman–Crippen LogP) is 1.89. The van der Waals surface area contributed by atoms with Crippen LogP contribution in [0.1, 0.15) is 26.7 Å². The highest BCUT2D eigenvalue weighted by Crippen LogP contribution is 2.29. The van der Waals surface area contributed by atoms with Crippen LogP contribution in [-0.4, -0.2) is 42.5 Å². The molecule has 1 amide bonds. The van der Waals surface area contributed by atoms with Gasteiger partial charge in [0.05, 0.1) is 6.10 Å². The summed E-state index contributed by atoms with van der Waals surface area (Å²) in [5.41, 5.74) is -0.895. The van der Waals surface area contributed by atoms with E-state index < -0.39 is 11.7 Å². The molecule has 0 spiro atoms. The van der Waals surface area contributed by atoms with Crippen LogP contribution >= 0.6 is 0 Å². The molecule has 2 rings (SSSR count). The smallest absolute Gasteiger partial charge is 0.251 e. The molecule has 0 unspecified atom stereocenters. The maximum absolute atomic E-state index is 12.9. The topological polar surface area (TPSA) is 67.8 Å². The van der Waals surface area contributed by atoms with Gasteiger partial charge < -0.3 is 19.9 Å². The lowest BCUT2D eigenvalue weighted by Crippen LogP contribution is -2.46. The normalized spacial score (nSPS) is 24.5. The lowest BCUT2D eigenvalue weighted by molar-refractivity contribution is -0.139. The summed E-state index contributed by atoms with van der Waals surface area (Å²) >= 11 is 0. The van der Waals surface area contributed by atoms with Crippen molar-refractivity contribution >= 4 is 5.91 Å². The molecule has 3 atom stereocenters. The molecule has 0 aliphatic heterocycles. The maximum Gasteiger partial charge on any atom is 0.251 e. The molecule has 2 N–H and O–H groups in total. The second kappa shape index (κ2) is 7.27. The zero-order chi connectivity index (χ0) is 17.0. The first-order valence-electron chi connectivity index (χ1n) is 7.77. The largest absolute Gasteiger partial charge is 0.488 e. The fourth-order valence-corrected chi connectivity index (χ4v) is 2.59. The molecule has 1 aromatic carbocycles. The van der Waals surface area contributed by atoms with Crippen LogP contribution in [0, 0.1) is 11.7 Å². The van der Waals surface area contributed by atoms with Gasteiger partial charge in [-0.05, 0) is 51.0 Å². The Balaban J connectivity index is 1.85. The first kappa shape index (κ1) is 17.7. The Morgan fingerprint density at radius 3 is 2.61 bits per heavy atom. The third-order valence-corrected chi connectivity index (χ3v) is 4.37. The van der Waals surface area contributed by atoms with Crippen LogP contribution in [0.25, 0.3) is 0 Å². The fraction of sp³-hybridized carbons (Fsp3) is 0.588. The van der Waals surface area contributed by atoms with Gasteiger partial charge in [0.15, 0.2) is 0 Å². The minimum atomic E-state index is -0.895. The summed E-state index contributed by atoms with van der Waals surface area (Å²) in [4.78, 5) is 12.0. The third kappa shape index (κ3) is 4.42. The Bertz CT molecular complexity index is 532. The number of halogens is 1. The number of carbonyl (C=O) groups is 1. The molecule has 6 heteroatoms. The van der Waals surface area contributed by atoms with Gasteiger partial charge >= 0.3 is 0 Å². The van der Waals surface area contributed by atoms with Crippen molar-refractivity contribution in [3.8, 4) is 5.75 Å². The van der Waals surface area contributed by atoms with Crippen LogP contribution in [0.3, 0.4) is 0 Å². The Hall–Kier alpha value is -1.66. The molecular weight excluding hydrogens is 301 g/mol. The summed E-state index contributed by atoms with van der Waals surface area (Å²) in [6.45, 7) is 3.75. The minimum absolute atomic E-state index is 0.0722. The van der Waals surface area contributed by atoms with Crippen molar-refractivity contribution in [2.75, 3.05) is 13.7 Å². The van der Waals surface area contributed by atoms with E-state index in [-0.39, 0.29) is 23.7 Å². The second-order valence-corrected chi connectivity index (χ2v) is 6.36. The van der Waals surface area contributed by atoms with Crippen LogP contribution < -0.4 is 10.1 Å². The number of ether oxygens (including phenoxy) is 2. The summed E-state index contributed by atoms with van der Waals surface area (Å²) in [6, 6.07) is 5.72. The number of hydrogen-bond donors (Lipinski definition) is 2.